The van der Waals surface area contributed by atoms with Gasteiger partial charge in [0.15, 0.2) is 0 Å². The van der Waals surface area contributed by atoms with Crippen molar-refractivity contribution in [1.82, 2.24) is 4.90 Å². The number of rotatable bonds is 4. The van der Waals surface area contributed by atoms with Crippen LogP contribution in [0.4, 0.5) is 0 Å². The lowest BCUT2D eigenvalue weighted by molar-refractivity contribution is 0.0771. The second-order valence-electron chi connectivity index (χ2n) is 10.0. The van der Waals surface area contributed by atoms with Crippen molar-refractivity contribution in [3.8, 4) is 11.5 Å². The Hall–Kier alpha value is -1.76. The van der Waals surface area contributed by atoms with Gasteiger partial charge in [-0.15, -0.1) is 5.54 Å². The average Bonchev–Trinajstić information content (AvgIpc) is 3.11. The number of benzene rings is 1. The summed E-state index contributed by atoms with van der Waals surface area (Å²) in [4.78, 5) is 2.42. The Balaban J connectivity index is 2.05. The van der Waals surface area contributed by atoms with Crippen LogP contribution in [0.5, 0.6) is 0 Å². The zero-order valence-electron chi connectivity index (χ0n) is 18.9. The maximum atomic E-state index is 6.38. The highest BCUT2D eigenvalue weighted by Crippen LogP contribution is 2.71. The summed E-state index contributed by atoms with van der Waals surface area (Å²) >= 11 is 0. The van der Waals surface area contributed by atoms with Crippen LogP contribution in [0.2, 0.25) is 19.6 Å². The molecule has 4 rings (SSSR count). The molecule has 0 heterocycles. The van der Waals surface area contributed by atoms with E-state index in [2.05, 4.69) is 93.4 Å². The minimum absolute atomic E-state index is 0.0245. The summed E-state index contributed by atoms with van der Waals surface area (Å²) in [6.45, 7) is 9.85. The lowest BCUT2D eigenvalue weighted by atomic mass is 9.63. The van der Waals surface area contributed by atoms with E-state index in [9.17, 15) is 0 Å². The van der Waals surface area contributed by atoms with Crippen LogP contribution >= 0.6 is 0 Å². The first kappa shape index (κ1) is 20.5. The van der Waals surface area contributed by atoms with Crippen molar-refractivity contribution < 1.29 is 4.74 Å². The Morgan fingerprint density at radius 1 is 1.14 bits per heavy atom. The van der Waals surface area contributed by atoms with E-state index in [0.29, 0.717) is 5.92 Å². The topological polar surface area (TPSA) is 12.5 Å². The van der Waals surface area contributed by atoms with Gasteiger partial charge in [-0.05, 0) is 51.1 Å². The van der Waals surface area contributed by atoms with Crippen molar-refractivity contribution in [2.24, 2.45) is 11.3 Å². The summed E-state index contributed by atoms with van der Waals surface area (Å²) < 4.78 is 6.38. The van der Waals surface area contributed by atoms with Gasteiger partial charge in [0.05, 0.1) is 17.6 Å². The largest absolute Gasteiger partial charge is 0.498 e. The fraction of sp³-hybridized carbons (Fsp3) is 0.538. The molecule has 1 aromatic carbocycles. The number of allylic oxidation sites excluding steroid dienone is 1. The molecule has 0 unspecified atom stereocenters. The van der Waals surface area contributed by atoms with Crippen molar-refractivity contribution in [1.29, 1.82) is 0 Å². The second kappa shape index (κ2) is 7.18. The normalized spacial score (nSPS) is 30.7. The number of hydrogen-bond acceptors (Lipinski definition) is 2. The maximum Gasteiger partial charge on any atom is 0.129 e. The third kappa shape index (κ3) is 2.95. The van der Waals surface area contributed by atoms with Gasteiger partial charge in [0.25, 0.3) is 0 Å². The van der Waals surface area contributed by atoms with Gasteiger partial charge in [-0.1, -0.05) is 68.7 Å². The van der Waals surface area contributed by atoms with Crippen LogP contribution in [0.15, 0.2) is 47.7 Å². The number of ether oxygens (including phenoxy) is 1. The fourth-order valence-corrected chi connectivity index (χ4v) is 6.49. The third-order valence-corrected chi connectivity index (χ3v) is 7.87. The molecule has 1 aromatic rings. The molecule has 29 heavy (non-hydrogen) atoms. The van der Waals surface area contributed by atoms with Crippen molar-refractivity contribution in [2.75, 3.05) is 20.7 Å². The molecule has 1 saturated carbocycles. The number of hydrogen-bond donors (Lipinski definition) is 0. The number of likely N-dealkylation sites (N-methyl/N-ethyl adjacent to an activating group) is 1. The van der Waals surface area contributed by atoms with E-state index < -0.39 is 8.07 Å². The van der Waals surface area contributed by atoms with Crippen molar-refractivity contribution in [3.05, 3.63) is 53.3 Å². The fourth-order valence-electron chi connectivity index (χ4n) is 5.99. The Labute approximate surface area is 178 Å². The SMILES string of the molecule is CCOC1=C[C@]2(N(C)C)C(C#C[Si](C)(C)C)=C(c3ccccc3)[C@]13CCCC[C@@H]32. The zero-order chi connectivity index (χ0) is 20.9. The van der Waals surface area contributed by atoms with Crippen LogP contribution in [-0.2, 0) is 4.74 Å². The van der Waals surface area contributed by atoms with E-state index in [4.69, 9.17) is 4.74 Å². The van der Waals surface area contributed by atoms with Crippen molar-refractivity contribution in [2.45, 2.75) is 57.8 Å². The molecule has 3 heteroatoms. The molecule has 3 aliphatic rings. The lowest BCUT2D eigenvalue weighted by Gasteiger charge is -2.43. The quantitative estimate of drug-likeness (QED) is 0.467. The summed E-state index contributed by atoms with van der Waals surface area (Å²) in [5.74, 6) is 5.51. The van der Waals surface area contributed by atoms with E-state index in [1.54, 1.807) is 0 Å². The van der Waals surface area contributed by atoms with Gasteiger partial charge >= 0.3 is 0 Å². The molecular formula is C26H35NOSi. The monoisotopic (exact) mass is 405 g/mol. The van der Waals surface area contributed by atoms with Crippen LogP contribution in [0.25, 0.3) is 5.57 Å². The Morgan fingerprint density at radius 2 is 1.86 bits per heavy atom. The standard InChI is InChI=1S/C26H35NOSi/c1-7-28-23-19-26(27(2)3)21(16-18-29(4,5)6)24(20-13-9-8-10-14-20)25(23)17-12-11-15-22(25)26/h8-10,13-14,19,22H,7,11-12,15,17H2,1-6H3/t22-,25-,26-/m0/s1. The Morgan fingerprint density at radius 3 is 2.48 bits per heavy atom. The first-order valence-corrected chi connectivity index (χ1v) is 14.6. The highest BCUT2D eigenvalue weighted by Gasteiger charge is 2.68. The second-order valence-corrected chi connectivity index (χ2v) is 14.8. The van der Waals surface area contributed by atoms with E-state index >= 15 is 0 Å². The minimum Gasteiger partial charge on any atom is -0.498 e. The molecule has 2 nitrogen and oxygen atoms in total. The summed E-state index contributed by atoms with van der Waals surface area (Å²) in [6, 6.07) is 11.0. The molecule has 1 fully saturated rings. The molecule has 0 amide bonds. The summed E-state index contributed by atoms with van der Waals surface area (Å²) in [7, 11) is 2.96. The van der Waals surface area contributed by atoms with Crippen molar-refractivity contribution in [3.63, 3.8) is 0 Å². The van der Waals surface area contributed by atoms with E-state index in [0.717, 1.165) is 6.61 Å². The minimum atomic E-state index is -1.50. The smallest absolute Gasteiger partial charge is 0.129 e. The Bertz CT molecular complexity index is 912. The summed E-state index contributed by atoms with van der Waals surface area (Å²) in [6.07, 6.45) is 7.41. The maximum absolute atomic E-state index is 6.38. The third-order valence-electron chi connectivity index (χ3n) is 6.99. The van der Waals surface area contributed by atoms with Gasteiger partial charge in [0.2, 0.25) is 0 Å². The predicted octanol–water partition coefficient (Wildman–Crippen LogP) is 5.75. The predicted molar refractivity (Wildman–Crippen MR) is 125 cm³/mol. The van der Waals surface area contributed by atoms with E-state index in [-0.39, 0.29) is 11.0 Å². The molecule has 0 N–H and O–H groups in total. The summed E-state index contributed by atoms with van der Waals surface area (Å²) in [5, 5.41) is 0. The first-order chi connectivity index (χ1) is 13.8. The van der Waals surface area contributed by atoms with Crippen LogP contribution in [0.1, 0.15) is 38.2 Å². The average molecular weight is 406 g/mol. The molecule has 3 atom stereocenters. The van der Waals surface area contributed by atoms with Gasteiger partial charge in [-0.2, -0.15) is 0 Å². The van der Waals surface area contributed by atoms with Gasteiger partial charge in [0, 0.05) is 11.5 Å². The first-order valence-electron chi connectivity index (χ1n) is 11.1. The van der Waals surface area contributed by atoms with E-state index in [1.807, 2.05) is 0 Å². The van der Waals surface area contributed by atoms with Crippen LogP contribution in [-0.4, -0.2) is 39.2 Å². The van der Waals surface area contributed by atoms with Crippen molar-refractivity contribution >= 4 is 13.6 Å². The van der Waals surface area contributed by atoms with Crippen LogP contribution in [0, 0.1) is 22.8 Å². The molecule has 0 aliphatic heterocycles. The zero-order valence-corrected chi connectivity index (χ0v) is 19.9. The molecule has 0 saturated heterocycles. The molecule has 3 aliphatic carbocycles. The van der Waals surface area contributed by atoms with Gasteiger partial charge in [-0.25, -0.2) is 0 Å². The summed E-state index contributed by atoms with van der Waals surface area (Å²) in [5.41, 5.74) is 7.66. The van der Waals surface area contributed by atoms with Crippen LogP contribution in [0.3, 0.4) is 0 Å². The molecule has 0 radical (unpaired) electrons. The Kier molecular flexibility index (Phi) is 5.08. The molecule has 0 spiro atoms. The van der Waals surface area contributed by atoms with Crippen LogP contribution < -0.4 is 0 Å². The van der Waals surface area contributed by atoms with Gasteiger partial charge in [-0.3, -0.25) is 4.90 Å². The molecule has 2 bridgehead atoms. The lowest BCUT2D eigenvalue weighted by Crippen LogP contribution is -2.49. The van der Waals surface area contributed by atoms with E-state index in [1.165, 1.54) is 48.2 Å². The molecule has 154 valence electrons. The highest BCUT2D eigenvalue weighted by molar-refractivity contribution is 6.83. The van der Waals surface area contributed by atoms with Gasteiger partial charge in [0.1, 0.15) is 13.8 Å². The molecular weight excluding hydrogens is 370 g/mol. The number of nitrogens with zero attached hydrogens (tertiary/aromatic N) is 1. The highest BCUT2D eigenvalue weighted by atomic mass is 28.3. The molecule has 0 aromatic heterocycles. The van der Waals surface area contributed by atoms with Gasteiger partial charge < -0.3 is 4.74 Å².